The second-order valence-corrected chi connectivity index (χ2v) is 6.00. The van der Waals surface area contributed by atoms with Crippen LogP contribution in [0.2, 0.25) is 0 Å². The molecular formula is C16H26N2O. The number of amides is 1. The van der Waals surface area contributed by atoms with Gasteiger partial charge >= 0.3 is 0 Å². The fraction of sp³-hybridized carbons (Fsp3) is 0.562. The predicted molar refractivity (Wildman–Crippen MR) is 80.1 cm³/mol. The number of aryl methyl sites for hydroxylation is 1. The zero-order valence-corrected chi connectivity index (χ0v) is 12.7. The highest BCUT2D eigenvalue weighted by molar-refractivity contribution is 5.78. The molecule has 0 radical (unpaired) electrons. The first-order valence-corrected chi connectivity index (χ1v) is 6.95. The summed E-state index contributed by atoms with van der Waals surface area (Å²) in [4.78, 5) is 11.7. The van der Waals surface area contributed by atoms with E-state index in [1.807, 2.05) is 20.8 Å². The highest BCUT2D eigenvalue weighted by Crippen LogP contribution is 2.13. The molecule has 1 atom stereocenters. The normalized spacial score (nSPS) is 13.1. The molecule has 1 unspecified atom stereocenters. The minimum atomic E-state index is -0.176. The lowest BCUT2D eigenvalue weighted by molar-refractivity contribution is -0.121. The molecule has 0 fully saturated rings. The molecule has 0 spiro atoms. The summed E-state index contributed by atoms with van der Waals surface area (Å²) in [6, 6.07) is 8.71. The molecule has 0 aliphatic rings. The first-order chi connectivity index (χ1) is 8.81. The van der Waals surface area contributed by atoms with Crippen molar-refractivity contribution in [1.29, 1.82) is 0 Å². The van der Waals surface area contributed by atoms with Gasteiger partial charge in [-0.1, -0.05) is 31.2 Å². The molecule has 1 aromatic rings. The Kier molecular flexibility index (Phi) is 5.55. The van der Waals surface area contributed by atoms with Crippen LogP contribution in [0.1, 0.15) is 51.8 Å². The molecule has 0 bridgehead atoms. The van der Waals surface area contributed by atoms with Gasteiger partial charge < -0.3 is 10.6 Å². The predicted octanol–water partition coefficient (Wildman–Crippen LogP) is 2.81. The molecule has 0 aromatic heterocycles. The minimum Gasteiger partial charge on any atom is -0.350 e. The second kappa shape index (κ2) is 6.71. The molecule has 3 heteroatoms. The summed E-state index contributed by atoms with van der Waals surface area (Å²) in [5.74, 6) is 0.0320. The van der Waals surface area contributed by atoms with Gasteiger partial charge in [-0.15, -0.1) is 0 Å². The lowest BCUT2D eigenvalue weighted by atomic mass is 10.0. The van der Waals surface area contributed by atoms with Gasteiger partial charge in [-0.25, -0.2) is 0 Å². The van der Waals surface area contributed by atoms with E-state index in [4.69, 9.17) is 0 Å². The molecule has 0 saturated heterocycles. The number of rotatable bonds is 5. The van der Waals surface area contributed by atoms with Crippen molar-refractivity contribution in [1.82, 2.24) is 10.6 Å². The van der Waals surface area contributed by atoms with E-state index in [9.17, 15) is 4.79 Å². The topological polar surface area (TPSA) is 41.1 Å². The number of carbonyl (C=O) groups is 1. The fourth-order valence-electron chi connectivity index (χ4n) is 1.87. The van der Waals surface area contributed by atoms with Crippen molar-refractivity contribution in [3.8, 4) is 0 Å². The van der Waals surface area contributed by atoms with E-state index in [0.29, 0.717) is 6.54 Å². The van der Waals surface area contributed by atoms with Gasteiger partial charge in [-0.05, 0) is 45.2 Å². The van der Waals surface area contributed by atoms with Crippen molar-refractivity contribution in [2.24, 2.45) is 0 Å². The summed E-state index contributed by atoms with van der Waals surface area (Å²) in [6.07, 6.45) is 1.05. The smallest absolute Gasteiger partial charge is 0.234 e. The average molecular weight is 262 g/mol. The summed E-state index contributed by atoms with van der Waals surface area (Å²) in [5, 5.41) is 6.19. The van der Waals surface area contributed by atoms with Gasteiger partial charge in [0.15, 0.2) is 0 Å². The zero-order valence-electron chi connectivity index (χ0n) is 12.7. The Morgan fingerprint density at radius 1 is 1.21 bits per heavy atom. The van der Waals surface area contributed by atoms with Crippen LogP contribution in [0.3, 0.4) is 0 Å². The highest BCUT2D eigenvalue weighted by Gasteiger charge is 2.14. The molecular weight excluding hydrogens is 236 g/mol. The Labute approximate surface area is 116 Å². The van der Waals surface area contributed by atoms with Crippen molar-refractivity contribution >= 4 is 5.91 Å². The zero-order chi connectivity index (χ0) is 14.5. The molecule has 0 heterocycles. The summed E-state index contributed by atoms with van der Waals surface area (Å²) < 4.78 is 0. The third kappa shape index (κ3) is 5.88. The van der Waals surface area contributed by atoms with Crippen LogP contribution in [0.4, 0.5) is 0 Å². The van der Waals surface area contributed by atoms with Crippen molar-refractivity contribution in [3.05, 3.63) is 35.4 Å². The largest absolute Gasteiger partial charge is 0.350 e. The molecule has 106 valence electrons. The van der Waals surface area contributed by atoms with Crippen LogP contribution < -0.4 is 10.6 Å². The Morgan fingerprint density at radius 2 is 1.79 bits per heavy atom. The van der Waals surface area contributed by atoms with Crippen LogP contribution in [0.15, 0.2) is 24.3 Å². The van der Waals surface area contributed by atoms with E-state index in [1.54, 1.807) is 0 Å². The average Bonchev–Trinajstić information content (AvgIpc) is 2.34. The summed E-state index contributed by atoms with van der Waals surface area (Å²) in [7, 11) is 0. The Morgan fingerprint density at radius 3 is 2.26 bits per heavy atom. The molecule has 0 aliphatic carbocycles. The van der Waals surface area contributed by atoms with Crippen molar-refractivity contribution in [2.75, 3.05) is 6.54 Å². The van der Waals surface area contributed by atoms with Gasteiger partial charge in [-0.2, -0.15) is 0 Å². The fourth-order valence-corrected chi connectivity index (χ4v) is 1.87. The first-order valence-electron chi connectivity index (χ1n) is 6.95. The van der Waals surface area contributed by atoms with E-state index >= 15 is 0 Å². The maximum atomic E-state index is 11.7. The van der Waals surface area contributed by atoms with Crippen molar-refractivity contribution in [3.63, 3.8) is 0 Å². The molecule has 0 aliphatic heterocycles. The summed E-state index contributed by atoms with van der Waals surface area (Å²) >= 11 is 0. The Bertz CT molecular complexity index is 404. The Hall–Kier alpha value is -1.35. The van der Waals surface area contributed by atoms with Crippen LogP contribution in [0, 0.1) is 0 Å². The Balaban J connectivity index is 2.46. The number of carbonyl (C=O) groups excluding carboxylic acids is 1. The van der Waals surface area contributed by atoms with E-state index in [1.165, 1.54) is 11.1 Å². The number of benzene rings is 1. The van der Waals surface area contributed by atoms with Crippen molar-refractivity contribution in [2.45, 2.75) is 52.6 Å². The van der Waals surface area contributed by atoms with E-state index in [-0.39, 0.29) is 17.5 Å². The molecule has 1 amide bonds. The van der Waals surface area contributed by atoms with Crippen LogP contribution >= 0.6 is 0 Å². The van der Waals surface area contributed by atoms with Gasteiger partial charge in [0.1, 0.15) is 0 Å². The van der Waals surface area contributed by atoms with E-state index < -0.39 is 0 Å². The van der Waals surface area contributed by atoms with Gasteiger partial charge in [-0.3, -0.25) is 4.79 Å². The standard InChI is InChI=1S/C16H26N2O/c1-6-13-7-9-14(10-8-13)12(2)17-11-15(19)18-16(3,4)5/h7-10,12,17H,6,11H2,1-5H3,(H,18,19). The molecule has 19 heavy (non-hydrogen) atoms. The van der Waals surface area contributed by atoms with Gasteiger partial charge in [0.25, 0.3) is 0 Å². The van der Waals surface area contributed by atoms with E-state index in [2.05, 4.69) is 48.7 Å². The first kappa shape index (κ1) is 15.7. The van der Waals surface area contributed by atoms with Crippen molar-refractivity contribution < 1.29 is 4.79 Å². The van der Waals surface area contributed by atoms with Crippen LogP contribution in [0.5, 0.6) is 0 Å². The van der Waals surface area contributed by atoms with Gasteiger partial charge in [0.2, 0.25) is 5.91 Å². The third-order valence-electron chi connectivity index (χ3n) is 2.97. The molecule has 1 aromatic carbocycles. The van der Waals surface area contributed by atoms with E-state index in [0.717, 1.165) is 6.42 Å². The molecule has 2 N–H and O–H groups in total. The highest BCUT2D eigenvalue weighted by atomic mass is 16.2. The third-order valence-corrected chi connectivity index (χ3v) is 2.97. The quantitative estimate of drug-likeness (QED) is 0.856. The van der Waals surface area contributed by atoms with Gasteiger partial charge in [0.05, 0.1) is 6.54 Å². The number of hydrogen-bond donors (Lipinski definition) is 2. The molecule has 3 nitrogen and oxygen atoms in total. The van der Waals surface area contributed by atoms with Gasteiger partial charge in [0, 0.05) is 11.6 Å². The number of hydrogen-bond acceptors (Lipinski definition) is 2. The van der Waals surface area contributed by atoms with Crippen LogP contribution in [-0.4, -0.2) is 18.0 Å². The monoisotopic (exact) mass is 262 g/mol. The van der Waals surface area contributed by atoms with Crippen LogP contribution in [0.25, 0.3) is 0 Å². The lowest BCUT2D eigenvalue weighted by Crippen LogP contribution is -2.45. The van der Waals surface area contributed by atoms with Crippen LogP contribution in [-0.2, 0) is 11.2 Å². The maximum Gasteiger partial charge on any atom is 0.234 e. The molecule has 0 saturated carbocycles. The lowest BCUT2D eigenvalue weighted by Gasteiger charge is -2.21. The molecule has 1 rings (SSSR count). The maximum absolute atomic E-state index is 11.7. The SMILES string of the molecule is CCc1ccc(C(C)NCC(=O)NC(C)(C)C)cc1. The number of nitrogens with one attached hydrogen (secondary N) is 2. The summed E-state index contributed by atoms with van der Waals surface area (Å²) in [6.45, 7) is 10.5. The summed E-state index contributed by atoms with van der Waals surface area (Å²) in [5.41, 5.74) is 2.37. The second-order valence-electron chi connectivity index (χ2n) is 6.00. The minimum absolute atomic E-state index is 0.0320.